The summed E-state index contributed by atoms with van der Waals surface area (Å²) in [6.45, 7) is 7.82. The van der Waals surface area contributed by atoms with Crippen molar-refractivity contribution in [3.05, 3.63) is 59.9 Å². The molecule has 3 aromatic rings. The predicted octanol–water partition coefficient (Wildman–Crippen LogP) is 4.61. The number of hydrogen-bond donors (Lipinski definition) is 1. The Bertz CT molecular complexity index is 1020. The largest absolute Gasteiger partial charge is 0.460 e. The summed E-state index contributed by atoms with van der Waals surface area (Å²) in [5.41, 5.74) is 2.07. The summed E-state index contributed by atoms with van der Waals surface area (Å²) in [5, 5.41) is 2.73. The quantitative estimate of drug-likeness (QED) is 0.638. The fourth-order valence-electron chi connectivity index (χ4n) is 2.94. The molecule has 0 radical (unpaired) electrons. The van der Waals surface area contributed by atoms with Gasteiger partial charge in [0.2, 0.25) is 5.82 Å². The molecule has 1 aromatic heterocycles. The molecule has 3 rings (SSSR count). The molecule has 152 valence electrons. The minimum Gasteiger partial charge on any atom is -0.460 e. The Kier molecular flexibility index (Phi) is 5.87. The van der Waals surface area contributed by atoms with Gasteiger partial charge in [0.1, 0.15) is 11.1 Å². The van der Waals surface area contributed by atoms with Gasteiger partial charge < -0.3 is 14.0 Å². The summed E-state index contributed by atoms with van der Waals surface area (Å²) in [6, 6.07) is 15.1. The number of amides is 1. The fraction of sp³-hybridized carbons (Fsp3) is 0.318. The van der Waals surface area contributed by atoms with Crippen molar-refractivity contribution in [2.75, 3.05) is 11.9 Å². The third-order valence-corrected chi connectivity index (χ3v) is 4.06. The van der Waals surface area contributed by atoms with Gasteiger partial charge in [-0.3, -0.25) is 5.32 Å². The Hall–Kier alpha value is -3.35. The van der Waals surface area contributed by atoms with E-state index in [2.05, 4.69) is 10.3 Å². The van der Waals surface area contributed by atoms with E-state index in [0.717, 1.165) is 5.56 Å². The molecule has 7 nitrogen and oxygen atoms in total. The van der Waals surface area contributed by atoms with Crippen molar-refractivity contribution in [2.45, 2.75) is 39.8 Å². The van der Waals surface area contributed by atoms with E-state index in [-0.39, 0.29) is 12.4 Å². The van der Waals surface area contributed by atoms with Gasteiger partial charge in [0.05, 0.1) is 17.8 Å². The molecule has 1 heterocycles. The number of nitrogens with zero attached hydrogens (tertiary/aromatic N) is 2. The first kappa shape index (κ1) is 20.4. The van der Waals surface area contributed by atoms with Crippen LogP contribution in [0.4, 0.5) is 10.5 Å². The van der Waals surface area contributed by atoms with Crippen LogP contribution in [0.25, 0.3) is 11.0 Å². The Balaban J connectivity index is 2.04. The molecule has 0 aliphatic rings. The van der Waals surface area contributed by atoms with Crippen LogP contribution in [-0.2, 0) is 16.0 Å². The summed E-state index contributed by atoms with van der Waals surface area (Å²) < 4.78 is 12.3. The molecular weight excluding hydrogens is 370 g/mol. The third-order valence-electron chi connectivity index (χ3n) is 4.06. The number of carbonyl (C=O) groups is 2. The predicted molar refractivity (Wildman–Crippen MR) is 111 cm³/mol. The molecule has 0 unspecified atom stereocenters. The first-order valence-electron chi connectivity index (χ1n) is 9.49. The van der Waals surface area contributed by atoms with Crippen molar-refractivity contribution in [3.8, 4) is 0 Å². The maximum atomic E-state index is 12.5. The number of nitrogens with one attached hydrogen (secondary N) is 1. The van der Waals surface area contributed by atoms with E-state index in [0.29, 0.717) is 23.3 Å². The second-order valence-corrected chi connectivity index (χ2v) is 7.53. The van der Waals surface area contributed by atoms with Crippen LogP contribution in [0.15, 0.2) is 48.5 Å². The monoisotopic (exact) mass is 395 g/mol. The highest BCUT2D eigenvalue weighted by Gasteiger charge is 2.22. The molecular formula is C22H25N3O4. The molecule has 0 bridgehead atoms. The van der Waals surface area contributed by atoms with Crippen LogP contribution in [0.1, 0.15) is 43.9 Å². The average Bonchev–Trinajstić information content (AvgIpc) is 3.01. The summed E-state index contributed by atoms with van der Waals surface area (Å²) in [5.74, 6) is -0.327. The molecule has 0 spiro atoms. The minimum absolute atomic E-state index is 0.184. The highest BCUT2D eigenvalue weighted by Crippen LogP contribution is 2.26. The highest BCUT2D eigenvalue weighted by molar-refractivity contribution is 6.00. The van der Waals surface area contributed by atoms with E-state index in [1.807, 2.05) is 36.4 Å². The molecule has 0 aliphatic carbocycles. The zero-order chi connectivity index (χ0) is 21.0. The van der Waals surface area contributed by atoms with Crippen molar-refractivity contribution in [1.82, 2.24) is 9.55 Å². The van der Waals surface area contributed by atoms with Crippen molar-refractivity contribution in [2.24, 2.45) is 0 Å². The fourth-order valence-corrected chi connectivity index (χ4v) is 2.94. The standard InChI is InChI=1S/C22H25N3O4/c1-5-28-20(26)19-24-18-16(23-21(27)29-22(2,3)4)12-9-13-17(18)25(19)14-15-10-7-6-8-11-15/h6-13H,5,14H2,1-4H3,(H,23,27). The van der Waals surface area contributed by atoms with Crippen molar-refractivity contribution in [3.63, 3.8) is 0 Å². The first-order valence-corrected chi connectivity index (χ1v) is 9.49. The maximum absolute atomic E-state index is 12.5. The van der Waals surface area contributed by atoms with Crippen LogP contribution < -0.4 is 5.32 Å². The van der Waals surface area contributed by atoms with Gasteiger partial charge in [-0.15, -0.1) is 0 Å². The number of hydrogen-bond acceptors (Lipinski definition) is 5. The van der Waals surface area contributed by atoms with E-state index < -0.39 is 17.7 Å². The second kappa shape index (κ2) is 8.34. The van der Waals surface area contributed by atoms with Crippen LogP contribution in [-0.4, -0.2) is 33.8 Å². The van der Waals surface area contributed by atoms with Gasteiger partial charge in [-0.25, -0.2) is 14.6 Å². The number of rotatable bonds is 5. The number of aromatic nitrogens is 2. The maximum Gasteiger partial charge on any atom is 0.412 e. The summed E-state index contributed by atoms with van der Waals surface area (Å²) >= 11 is 0. The Labute approximate surface area is 169 Å². The Morgan fingerprint density at radius 1 is 1.07 bits per heavy atom. The number of carbonyl (C=O) groups excluding carboxylic acids is 2. The number of para-hydroxylation sites is 1. The smallest absolute Gasteiger partial charge is 0.412 e. The molecule has 0 aliphatic heterocycles. The van der Waals surface area contributed by atoms with E-state index >= 15 is 0 Å². The van der Waals surface area contributed by atoms with Gasteiger partial charge in [-0.1, -0.05) is 36.4 Å². The Morgan fingerprint density at radius 3 is 2.45 bits per heavy atom. The summed E-state index contributed by atoms with van der Waals surface area (Å²) in [7, 11) is 0. The van der Waals surface area contributed by atoms with E-state index in [1.54, 1.807) is 44.4 Å². The van der Waals surface area contributed by atoms with Crippen LogP contribution in [0, 0.1) is 0 Å². The lowest BCUT2D eigenvalue weighted by Crippen LogP contribution is -2.27. The molecule has 1 amide bonds. The average molecular weight is 395 g/mol. The van der Waals surface area contributed by atoms with E-state index in [4.69, 9.17) is 9.47 Å². The lowest BCUT2D eigenvalue weighted by atomic mass is 10.2. The molecule has 0 saturated carbocycles. The number of anilines is 1. The topological polar surface area (TPSA) is 82.4 Å². The zero-order valence-corrected chi connectivity index (χ0v) is 17.1. The van der Waals surface area contributed by atoms with Crippen LogP contribution >= 0.6 is 0 Å². The van der Waals surface area contributed by atoms with Gasteiger partial charge in [0.25, 0.3) is 0 Å². The summed E-state index contributed by atoms with van der Waals surface area (Å²) in [4.78, 5) is 29.3. The summed E-state index contributed by atoms with van der Waals surface area (Å²) in [6.07, 6.45) is -0.583. The molecule has 1 N–H and O–H groups in total. The molecule has 7 heteroatoms. The number of fused-ring (bicyclic) bond motifs is 1. The SMILES string of the molecule is CCOC(=O)c1nc2c(NC(=O)OC(C)(C)C)cccc2n1Cc1ccccc1. The minimum atomic E-state index is -0.624. The van der Waals surface area contributed by atoms with Crippen LogP contribution in [0.2, 0.25) is 0 Å². The van der Waals surface area contributed by atoms with Gasteiger partial charge >= 0.3 is 12.1 Å². The van der Waals surface area contributed by atoms with Gasteiger partial charge in [0.15, 0.2) is 0 Å². The Morgan fingerprint density at radius 2 is 1.79 bits per heavy atom. The van der Waals surface area contributed by atoms with Crippen LogP contribution in [0.5, 0.6) is 0 Å². The lowest BCUT2D eigenvalue weighted by Gasteiger charge is -2.19. The normalized spacial score (nSPS) is 11.3. The first-order chi connectivity index (χ1) is 13.8. The van der Waals surface area contributed by atoms with Crippen LogP contribution in [0.3, 0.4) is 0 Å². The van der Waals surface area contributed by atoms with Crippen molar-refractivity contribution >= 4 is 28.8 Å². The molecule has 2 aromatic carbocycles. The van der Waals surface area contributed by atoms with Gasteiger partial charge in [-0.2, -0.15) is 0 Å². The lowest BCUT2D eigenvalue weighted by molar-refractivity contribution is 0.0507. The third kappa shape index (κ3) is 4.93. The van der Waals surface area contributed by atoms with E-state index in [1.165, 1.54) is 0 Å². The number of ether oxygens (including phenoxy) is 2. The highest BCUT2D eigenvalue weighted by atomic mass is 16.6. The molecule has 0 saturated heterocycles. The zero-order valence-electron chi connectivity index (χ0n) is 17.1. The molecule has 0 fully saturated rings. The molecule has 29 heavy (non-hydrogen) atoms. The number of imidazole rings is 1. The molecule has 0 atom stereocenters. The number of benzene rings is 2. The second-order valence-electron chi connectivity index (χ2n) is 7.53. The van der Waals surface area contributed by atoms with Gasteiger partial charge in [0, 0.05) is 6.54 Å². The van der Waals surface area contributed by atoms with Gasteiger partial charge in [-0.05, 0) is 45.4 Å². The number of esters is 1. The van der Waals surface area contributed by atoms with E-state index in [9.17, 15) is 9.59 Å². The van der Waals surface area contributed by atoms with Crippen molar-refractivity contribution in [1.29, 1.82) is 0 Å². The van der Waals surface area contributed by atoms with Crippen molar-refractivity contribution < 1.29 is 19.1 Å².